The second kappa shape index (κ2) is 6.37. The smallest absolute Gasteiger partial charge is 0.146 e. The predicted octanol–water partition coefficient (Wildman–Crippen LogP) is 1.12. The third kappa shape index (κ3) is 5.44. The van der Waals surface area contributed by atoms with Gasteiger partial charge in [-0.25, -0.2) is 0 Å². The van der Waals surface area contributed by atoms with Gasteiger partial charge < -0.3 is 10.2 Å². The summed E-state index contributed by atoms with van der Waals surface area (Å²) in [5.41, 5.74) is 0.698. The average molecular weight is 168 g/mol. The number of aliphatic hydroxyl groups is 2. The van der Waals surface area contributed by atoms with Crippen molar-refractivity contribution in [3.05, 3.63) is 36.1 Å². The molecule has 66 valence electrons. The molecule has 0 saturated heterocycles. The Bertz CT molecular complexity index is 214. The minimum Gasteiger partial charge on any atom is -0.508 e. The van der Waals surface area contributed by atoms with Crippen LogP contribution in [0.3, 0.4) is 0 Å². The molecule has 0 fully saturated rings. The van der Waals surface area contributed by atoms with E-state index in [-0.39, 0.29) is 12.4 Å². The van der Waals surface area contributed by atoms with Crippen LogP contribution in [0.4, 0.5) is 0 Å². The first kappa shape index (κ1) is 10.7. The van der Waals surface area contributed by atoms with Gasteiger partial charge in [-0.2, -0.15) is 0 Å². The lowest BCUT2D eigenvalue weighted by molar-refractivity contribution is -0.104. The van der Waals surface area contributed by atoms with Gasteiger partial charge in [0.15, 0.2) is 0 Å². The summed E-state index contributed by atoms with van der Waals surface area (Å²) >= 11 is 0. The van der Waals surface area contributed by atoms with Crippen molar-refractivity contribution in [1.29, 1.82) is 0 Å². The van der Waals surface area contributed by atoms with Gasteiger partial charge in [0.05, 0.1) is 0 Å². The second-order valence-electron chi connectivity index (χ2n) is 2.19. The summed E-state index contributed by atoms with van der Waals surface area (Å²) in [6.07, 6.45) is 4.89. The lowest BCUT2D eigenvalue weighted by atomic mass is 10.2. The Morgan fingerprint density at radius 2 is 2.08 bits per heavy atom. The fraction of sp³-hybridized carbons (Fsp3) is 0.222. The van der Waals surface area contributed by atoms with Gasteiger partial charge in [-0.15, -0.1) is 0 Å². The summed E-state index contributed by atoms with van der Waals surface area (Å²) < 4.78 is 0. The van der Waals surface area contributed by atoms with E-state index in [1.54, 1.807) is 6.08 Å². The third-order valence-electron chi connectivity index (χ3n) is 1.16. The van der Waals surface area contributed by atoms with Crippen LogP contribution in [0.5, 0.6) is 0 Å². The molecule has 0 aromatic heterocycles. The summed E-state index contributed by atoms with van der Waals surface area (Å²) in [6, 6.07) is 0. The first-order valence-electron chi connectivity index (χ1n) is 3.52. The third-order valence-corrected chi connectivity index (χ3v) is 1.16. The van der Waals surface area contributed by atoms with Gasteiger partial charge in [0.25, 0.3) is 0 Å². The van der Waals surface area contributed by atoms with Crippen molar-refractivity contribution < 1.29 is 15.0 Å². The summed E-state index contributed by atoms with van der Waals surface area (Å²) in [5, 5.41) is 17.4. The minimum absolute atomic E-state index is 0.0291. The van der Waals surface area contributed by atoms with Gasteiger partial charge in [-0.1, -0.05) is 18.2 Å². The Kier molecular flexibility index (Phi) is 5.65. The van der Waals surface area contributed by atoms with Crippen molar-refractivity contribution in [2.24, 2.45) is 0 Å². The van der Waals surface area contributed by atoms with Crippen molar-refractivity contribution in [2.75, 3.05) is 6.61 Å². The van der Waals surface area contributed by atoms with E-state index in [1.165, 1.54) is 6.08 Å². The van der Waals surface area contributed by atoms with Crippen LogP contribution < -0.4 is 0 Å². The Hall–Kier alpha value is -1.35. The molecular weight excluding hydrogens is 156 g/mol. The fourth-order valence-corrected chi connectivity index (χ4v) is 0.555. The van der Waals surface area contributed by atoms with E-state index >= 15 is 0 Å². The highest BCUT2D eigenvalue weighted by Gasteiger charge is 1.87. The average Bonchev–Trinajstić information content (AvgIpc) is 2.02. The van der Waals surface area contributed by atoms with Crippen LogP contribution in [0, 0.1) is 0 Å². The monoisotopic (exact) mass is 168 g/mol. The minimum atomic E-state index is -0.121. The van der Waals surface area contributed by atoms with Crippen molar-refractivity contribution in [3.63, 3.8) is 0 Å². The van der Waals surface area contributed by atoms with E-state index in [1.807, 2.05) is 0 Å². The Morgan fingerprint density at radius 3 is 2.58 bits per heavy atom. The molecule has 0 aliphatic heterocycles. The first-order chi connectivity index (χ1) is 5.70. The zero-order valence-electron chi connectivity index (χ0n) is 6.73. The highest BCUT2D eigenvalue weighted by molar-refractivity contribution is 5.66. The van der Waals surface area contributed by atoms with Gasteiger partial charge in [0, 0.05) is 12.7 Å². The number of aldehydes is 1. The van der Waals surface area contributed by atoms with E-state index in [2.05, 4.69) is 6.58 Å². The molecule has 0 aliphatic carbocycles. The van der Waals surface area contributed by atoms with Crippen LogP contribution in [0.2, 0.25) is 0 Å². The van der Waals surface area contributed by atoms with E-state index in [4.69, 9.17) is 10.2 Å². The van der Waals surface area contributed by atoms with E-state index in [0.29, 0.717) is 18.3 Å². The van der Waals surface area contributed by atoms with E-state index in [9.17, 15) is 4.79 Å². The molecule has 3 heteroatoms. The Balaban J connectivity index is 3.97. The quantitative estimate of drug-likeness (QED) is 0.280. The molecule has 0 spiro atoms. The number of rotatable bonds is 5. The second-order valence-corrected chi connectivity index (χ2v) is 2.19. The zero-order valence-corrected chi connectivity index (χ0v) is 6.73. The van der Waals surface area contributed by atoms with Gasteiger partial charge in [0.1, 0.15) is 12.0 Å². The molecule has 0 unspecified atom stereocenters. The molecule has 0 bridgehead atoms. The molecule has 12 heavy (non-hydrogen) atoms. The number of hydrogen-bond donors (Lipinski definition) is 2. The molecule has 0 aliphatic rings. The topological polar surface area (TPSA) is 57.5 Å². The molecule has 0 heterocycles. The van der Waals surface area contributed by atoms with Crippen molar-refractivity contribution >= 4 is 6.29 Å². The van der Waals surface area contributed by atoms with Crippen LogP contribution in [0.25, 0.3) is 0 Å². The summed E-state index contributed by atoms with van der Waals surface area (Å²) in [5.74, 6) is -0.121. The van der Waals surface area contributed by atoms with Crippen LogP contribution in [-0.2, 0) is 4.79 Å². The normalized spacial score (nSPS) is 11.9. The van der Waals surface area contributed by atoms with Crippen LogP contribution in [-0.4, -0.2) is 23.1 Å². The Morgan fingerprint density at radius 1 is 1.42 bits per heavy atom. The van der Waals surface area contributed by atoms with Crippen molar-refractivity contribution in [3.8, 4) is 0 Å². The molecule has 2 N–H and O–H groups in total. The fourth-order valence-electron chi connectivity index (χ4n) is 0.555. The zero-order chi connectivity index (χ0) is 9.40. The van der Waals surface area contributed by atoms with Gasteiger partial charge in [0.2, 0.25) is 0 Å². The van der Waals surface area contributed by atoms with Gasteiger partial charge in [-0.3, -0.25) is 4.79 Å². The summed E-state index contributed by atoms with van der Waals surface area (Å²) in [6.45, 7) is 3.63. The maximum atomic E-state index is 9.85. The van der Waals surface area contributed by atoms with Crippen LogP contribution in [0.15, 0.2) is 36.1 Å². The molecule has 0 amide bonds. The summed E-state index contributed by atoms with van der Waals surface area (Å²) in [7, 11) is 0. The highest BCUT2D eigenvalue weighted by atomic mass is 16.3. The molecule has 0 atom stereocenters. The Labute approximate surface area is 71.3 Å². The van der Waals surface area contributed by atoms with Crippen LogP contribution >= 0.6 is 0 Å². The van der Waals surface area contributed by atoms with E-state index in [0.717, 1.165) is 6.08 Å². The SMILES string of the molecule is C=C(/C=C\C(O)=C\C=O)CCO. The number of hydrogen-bond acceptors (Lipinski definition) is 3. The van der Waals surface area contributed by atoms with Crippen molar-refractivity contribution in [2.45, 2.75) is 6.42 Å². The largest absolute Gasteiger partial charge is 0.508 e. The van der Waals surface area contributed by atoms with Crippen LogP contribution in [0.1, 0.15) is 6.42 Å². The number of carbonyl (C=O) groups is 1. The van der Waals surface area contributed by atoms with Gasteiger partial charge in [-0.05, 0) is 12.5 Å². The lowest BCUT2D eigenvalue weighted by Crippen LogP contribution is -1.83. The predicted molar refractivity (Wildman–Crippen MR) is 46.8 cm³/mol. The number of aliphatic hydroxyl groups excluding tert-OH is 2. The lowest BCUT2D eigenvalue weighted by Gasteiger charge is -1.93. The molecule has 0 radical (unpaired) electrons. The molecule has 0 rings (SSSR count). The maximum Gasteiger partial charge on any atom is 0.146 e. The molecule has 0 aromatic rings. The van der Waals surface area contributed by atoms with Gasteiger partial charge >= 0.3 is 0 Å². The number of carbonyl (C=O) groups excluding carboxylic acids is 1. The van der Waals surface area contributed by atoms with E-state index < -0.39 is 0 Å². The standard InChI is InChI=1S/C9H12O3/c1-8(4-6-10)2-3-9(12)5-7-11/h2-3,5,7,10,12H,1,4,6H2/b3-2-,9-5-. The molecule has 3 nitrogen and oxygen atoms in total. The maximum absolute atomic E-state index is 9.85. The van der Waals surface area contributed by atoms with Crippen molar-refractivity contribution in [1.82, 2.24) is 0 Å². The number of allylic oxidation sites excluding steroid dienone is 3. The first-order valence-corrected chi connectivity index (χ1v) is 3.52. The molecule has 0 saturated carbocycles. The highest BCUT2D eigenvalue weighted by Crippen LogP contribution is 2.00. The summed E-state index contributed by atoms with van der Waals surface area (Å²) in [4.78, 5) is 9.85. The molecule has 0 aromatic carbocycles. The molecular formula is C9H12O3.